The van der Waals surface area contributed by atoms with Gasteiger partial charge in [0.1, 0.15) is 5.54 Å². The van der Waals surface area contributed by atoms with Gasteiger partial charge in [0.05, 0.1) is 6.07 Å². The standard InChI is InChI=1S/C14H20N2S/c1-11-5-6-14(10-15,12(2)8-11)16-9-13-4-3-7-17-13/h3-4,7,11-12,16H,5-6,8-9H2,1-2H3. The Hall–Kier alpha value is -0.850. The van der Waals surface area contributed by atoms with Gasteiger partial charge in [0.15, 0.2) is 0 Å². The second-order valence-corrected chi connectivity index (χ2v) is 6.33. The molecule has 1 N–H and O–H groups in total. The second kappa shape index (κ2) is 5.20. The van der Waals surface area contributed by atoms with Crippen molar-refractivity contribution in [3.8, 4) is 6.07 Å². The fraction of sp³-hybridized carbons (Fsp3) is 0.643. The summed E-state index contributed by atoms with van der Waals surface area (Å²) >= 11 is 1.75. The van der Waals surface area contributed by atoms with E-state index in [1.54, 1.807) is 11.3 Å². The Morgan fingerprint density at radius 1 is 1.59 bits per heavy atom. The van der Waals surface area contributed by atoms with Crippen molar-refractivity contribution in [3.63, 3.8) is 0 Å². The van der Waals surface area contributed by atoms with E-state index in [9.17, 15) is 5.26 Å². The van der Waals surface area contributed by atoms with Gasteiger partial charge in [-0.15, -0.1) is 11.3 Å². The monoisotopic (exact) mass is 248 g/mol. The van der Waals surface area contributed by atoms with E-state index in [0.717, 1.165) is 31.7 Å². The third kappa shape index (κ3) is 2.70. The minimum Gasteiger partial charge on any atom is -0.294 e. The smallest absolute Gasteiger partial charge is 0.109 e. The van der Waals surface area contributed by atoms with Crippen molar-refractivity contribution in [1.29, 1.82) is 5.26 Å². The van der Waals surface area contributed by atoms with Gasteiger partial charge < -0.3 is 0 Å². The number of nitrogens with zero attached hydrogens (tertiary/aromatic N) is 1. The van der Waals surface area contributed by atoms with Crippen LogP contribution in [0.1, 0.15) is 38.0 Å². The van der Waals surface area contributed by atoms with Crippen LogP contribution >= 0.6 is 11.3 Å². The van der Waals surface area contributed by atoms with E-state index in [-0.39, 0.29) is 5.54 Å². The summed E-state index contributed by atoms with van der Waals surface area (Å²) < 4.78 is 0. The molecule has 3 unspecified atom stereocenters. The molecule has 1 fully saturated rings. The van der Waals surface area contributed by atoms with Crippen LogP contribution in [0.4, 0.5) is 0 Å². The third-order valence-electron chi connectivity index (χ3n) is 3.99. The molecule has 1 aliphatic rings. The zero-order valence-corrected chi connectivity index (χ0v) is 11.4. The van der Waals surface area contributed by atoms with Gasteiger partial charge in [0, 0.05) is 11.4 Å². The lowest BCUT2D eigenvalue weighted by Gasteiger charge is -2.40. The van der Waals surface area contributed by atoms with E-state index in [2.05, 4.69) is 42.7 Å². The van der Waals surface area contributed by atoms with Crippen LogP contribution in [0, 0.1) is 23.2 Å². The Labute approximate surface area is 108 Å². The molecule has 0 amide bonds. The molecule has 1 saturated carbocycles. The molecule has 0 aromatic carbocycles. The van der Waals surface area contributed by atoms with Gasteiger partial charge in [-0.05, 0) is 42.5 Å². The number of nitriles is 1. The molecule has 0 radical (unpaired) electrons. The molecule has 0 aliphatic heterocycles. The lowest BCUT2D eigenvalue weighted by Crippen LogP contribution is -2.51. The number of thiophene rings is 1. The van der Waals surface area contributed by atoms with Crippen molar-refractivity contribution in [2.45, 2.75) is 45.2 Å². The predicted molar refractivity (Wildman–Crippen MR) is 71.7 cm³/mol. The first-order valence-electron chi connectivity index (χ1n) is 6.35. The highest BCUT2D eigenvalue weighted by atomic mass is 32.1. The van der Waals surface area contributed by atoms with E-state index < -0.39 is 0 Å². The minimum absolute atomic E-state index is 0.309. The Morgan fingerprint density at radius 3 is 3.00 bits per heavy atom. The molecular formula is C14H20N2S. The highest BCUT2D eigenvalue weighted by molar-refractivity contribution is 7.09. The molecular weight excluding hydrogens is 228 g/mol. The Balaban J connectivity index is 2.02. The Morgan fingerprint density at radius 2 is 2.41 bits per heavy atom. The molecule has 0 bridgehead atoms. The molecule has 1 aromatic heterocycles. The lowest BCUT2D eigenvalue weighted by molar-refractivity contribution is 0.171. The zero-order valence-electron chi connectivity index (χ0n) is 10.6. The molecule has 3 atom stereocenters. The SMILES string of the molecule is CC1CCC(C#N)(NCc2cccs2)C(C)C1. The third-order valence-corrected chi connectivity index (χ3v) is 4.86. The molecule has 2 nitrogen and oxygen atoms in total. The Kier molecular flexibility index (Phi) is 3.86. The van der Waals surface area contributed by atoms with Crippen molar-refractivity contribution >= 4 is 11.3 Å². The number of hydrogen-bond acceptors (Lipinski definition) is 3. The first-order chi connectivity index (χ1) is 8.16. The van der Waals surface area contributed by atoms with Crippen molar-refractivity contribution in [3.05, 3.63) is 22.4 Å². The molecule has 0 spiro atoms. The van der Waals surface area contributed by atoms with Crippen molar-refractivity contribution in [2.24, 2.45) is 11.8 Å². The first-order valence-corrected chi connectivity index (χ1v) is 7.23. The molecule has 2 rings (SSSR count). The normalized spacial score (nSPS) is 33.2. The quantitative estimate of drug-likeness (QED) is 0.888. The maximum absolute atomic E-state index is 9.52. The molecule has 1 heterocycles. The molecule has 1 aliphatic carbocycles. The van der Waals surface area contributed by atoms with Crippen LogP contribution in [0.15, 0.2) is 17.5 Å². The van der Waals surface area contributed by atoms with Crippen LogP contribution in [0.5, 0.6) is 0 Å². The summed E-state index contributed by atoms with van der Waals surface area (Å²) in [6, 6.07) is 6.73. The van der Waals surface area contributed by atoms with Crippen LogP contribution < -0.4 is 5.32 Å². The highest BCUT2D eigenvalue weighted by Crippen LogP contribution is 2.36. The fourth-order valence-corrected chi connectivity index (χ4v) is 3.41. The zero-order chi connectivity index (χ0) is 12.3. The van der Waals surface area contributed by atoms with Gasteiger partial charge in [-0.2, -0.15) is 5.26 Å². The number of rotatable bonds is 3. The van der Waals surface area contributed by atoms with Gasteiger partial charge in [-0.1, -0.05) is 19.9 Å². The summed E-state index contributed by atoms with van der Waals surface area (Å²) in [5.41, 5.74) is -0.309. The molecule has 0 saturated heterocycles. The van der Waals surface area contributed by atoms with E-state index in [0.29, 0.717) is 5.92 Å². The van der Waals surface area contributed by atoms with Crippen LogP contribution in [0.2, 0.25) is 0 Å². The van der Waals surface area contributed by atoms with E-state index in [1.165, 1.54) is 4.88 Å². The second-order valence-electron chi connectivity index (χ2n) is 5.30. The maximum Gasteiger partial charge on any atom is 0.109 e. The maximum atomic E-state index is 9.52. The summed E-state index contributed by atoms with van der Waals surface area (Å²) in [7, 11) is 0. The van der Waals surface area contributed by atoms with Crippen LogP contribution in [0.3, 0.4) is 0 Å². The molecule has 17 heavy (non-hydrogen) atoms. The summed E-state index contributed by atoms with van der Waals surface area (Å²) in [5.74, 6) is 1.20. The average Bonchev–Trinajstić information content (AvgIpc) is 2.82. The lowest BCUT2D eigenvalue weighted by atomic mass is 9.70. The van der Waals surface area contributed by atoms with Gasteiger partial charge in [-0.25, -0.2) is 0 Å². The van der Waals surface area contributed by atoms with E-state index >= 15 is 0 Å². The highest BCUT2D eigenvalue weighted by Gasteiger charge is 2.40. The molecule has 3 heteroatoms. The number of hydrogen-bond donors (Lipinski definition) is 1. The fourth-order valence-electron chi connectivity index (χ4n) is 2.77. The summed E-state index contributed by atoms with van der Waals surface area (Å²) in [6.07, 6.45) is 3.30. The van der Waals surface area contributed by atoms with E-state index in [1.807, 2.05) is 0 Å². The molecule has 1 aromatic rings. The van der Waals surface area contributed by atoms with Crippen LogP contribution in [-0.2, 0) is 6.54 Å². The summed E-state index contributed by atoms with van der Waals surface area (Å²) in [6.45, 7) is 5.32. The number of nitrogens with one attached hydrogen (secondary N) is 1. The van der Waals surface area contributed by atoms with Crippen molar-refractivity contribution in [2.75, 3.05) is 0 Å². The van der Waals surface area contributed by atoms with Gasteiger partial charge in [-0.3, -0.25) is 5.32 Å². The van der Waals surface area contributed by atoms with Gasteiger partial charge >= 0.3 is 0 Å². The minimum atomic E-state index is -0.309. The summed E-state index contributed by atoms with van der Waals surface area (Å²) in [4.78, 5) is 1.31. The van der Waals surface area contributed by atoms with Crippen molar-refractivity contribution < 1.29 is 0 Å². The largest absolute Gasteiger partial charge is 0.294 e. The first kappa shape index (κ1) is 12.6. The molecule has 92 valence electrons. The Bertz CT molecular complexity index is 393. The van der Waals surface area contributed by atoms with Crippen LogP contribution in [0.25, 0.3) is 0 Å². The van der Waals surface area contributed by atoms with Gasteiger partial charge in [0.2, 0.25) is 0 Å². The van der Waals surface area contributed by atoms with E-state index in [4.69, 9.17) is 0 Å². The van der Waals surface area contributed by atoms with Crippen LogP contribution in [-0.4, -0.2) is 5.54 Å². The average molecular weight is 248 g/mol. The summed E-state index contributed by atoms with van der Waals surface area (Å²) in [5, 5.41) is 15.1. The van der Waals surface area contributed by atoms with Crippen molar-refractivity contribution in [1.82, 2.24) is 5.32 Å². The van der Waals surface area contributed by atoms with Gasteiger partial charge in [0.25, 0.3) is 0 Å². The predicted octanol–water partition coefficient (Wildman–Crippen LogP) is 3.56. The topological polar surface area (TPSA) is 35.8 Å².